The van der Waals surface area contributed by atoms with E-state index in [1.165, 1.54) is 11.1 Å². The molecule has 0 heteroatoms. The van der Waals surface area contributed by atoms with Crippen molar-refractivity contribution in [2.45, 2.75) is 7.43 Å². The van der Waals surface area contributed by atoms with Gasteiger partial charge in [0.15, 0.2) is 0 Å². The molecular weight excluding hydrogens is 228 g/mol. The first-order valence-corrected chi connectivity index (χ1v) is 6.07. The molecule has 0 amide bonds. The molecule has 0 spiro atoms. The molecule has 0 bridgehead atoms. The van der Waals surface area contributed by atoms with Gasteiger partial charge in [-0.05, 0) is 11.1 Å². The van der Waals surface area contributed by atoms with E-state index < -0.39 is 0 Å². The summed E-state index contributed by atoms with van der Waals surface area (Å²) in [5, 5.41) is 0. The van der Waals surface area contributed by atoms with Crippen LogP contribution in [0.4, 0.5) is 0 Å². The van der Waals surface area contributed by atoms with Gasteiger partial charge in [-0.25, -0.2) is 0 Å². The van der Waals surface area contributed by atoms with Gasteiger partial charge < -0.3 is 0 Å². The average molecular weight is 248 g/mol. The number of hydrogen-bond acceptors (Lipinski definition) is 0. The van der Waals surface area contributed by atoms with E-state index in [2.05, 4.69) is 48.5 Å². The van der Waals surface area contributed by atoms with Gasteiger partial charge in [0.25, 0.3) is 0 Å². The Morgan fingerprint density at radius 3 is 0.789 bits per heavy atom. The third kappa shape index (κ3) is 5.22. The first-order valence-electron chi connectivity index (χ1n) is 6.07. The van der Waals surface area contributed by atoms with Crippen molar-refractivity contribution >= 4 is 0 Å². The van der Waals surface area contributed by atoms with Crippen LogP contribution in [-0.4, -0.2) is 0 Å². The maximum Gasteiger partial charge on any atom is -0.0184 e. The van der Waals surface area contributed by atoms with Crippen LogP contribution in [0, 0.1) is 0 Å². The van der Waals surface area contributed by atoms with Crippen LogP contribution in [0.5, 0.6) is 0 Å². The summed E-state index contributed by atoms with van der Waals surface area (Å²) >= 11 is 0. The van der Waals surface area contributed by atoms with Crippen LogP contribution in [0.15, 0.2) is 97.1 Å². The normalized spacial score (nSPS) is 8.63. The summed E-state index contributed by atoms with van der Waals surface area (Å²) in [5.41, 5.74) is 2.55. The fourth-order valence-electron chi connectivity index (χ4n) is 1.65. The molecule has 3 aromatic carbocycles. The molecule has 0 saturated heterocycles. The predicted octanol–water partition coefficient (Wildman–Crippen LogP) is 5.68. The minimum atomic E-state index is 0. The highest BCUT2D eigenvalue weighted by Crippen LogP contribution is 2.17. The Morgan fingerprint density at radius 2 is 0.526 bits per heavy atom. The first-order chi connectivity index (χ1) is 8.97. The zero-order valence-corrected chi connectivity index (χ0v) is 10.2. The zero-order chi connectivity index (χ0) is 12.5. The van der Waals surface area contributed by atoms with E-state index in [-0.39, 0.29) is 7.43 Å². The molecule has 0 aliphatic carbocycles. The highest BCUT2D eigenvalue weighted by Gasteiger charge is 1.91. The fraction of sp³-hybridized carbons (Fsp3) is 0.0526. The molecule has 0 saturated carbocycles. The van der Waals surface area contributed by atoms with Crippen LogP contribution in [-0.2, 0) is 0 Å². The molecule has 3 rings (SSSR count). The van der Waals surface area contributed by atoms with Gasteiger partial charge >= 0.3 is 0 Å². The lowest BCUT2D eigenvalue weighted by molar-refractivity contribution is 1.62. The molecule has 0 aliphatic heterocycles. The van der Waals surface area contributed by atoms with Crippen molar-refractivity contribution in [3.05, 3.63) is 97.1 Å². The average Bonchev–Trinajstić information content (AvgIpc) is 2.51. The van der Waals surface area contributed by atoms with Crippen molar-refractivity contribution in [2.75, 3.05) is 0 Å². The highest BCUT2D eigenvalue weighted by atomic mass is 14.0. The van der Waals surface area contributed by atoms with Gasteiger partial charge in [0.05, 0.1) is 0 Å². The molecule has 0 fully saturated rings. The second kappa shape index (κ2) is 8.71. The third-order valence-corrected chi connectivity index (χ3v) is 2.55. The molecule has 0 unspecified atom stereocenters. The molecule has 0 aliphatic rings. The van der Waals surface area contributed by atoms with Crippen molar-refractivity contribution in [1.82, 2.24) is 0 Å². The number of benzene rings is 3. The first kappa shape index (κ1) is 14.7. The van der Waals surface area contributed by atoms with Crippen LogP contribution in [0.25, 0.3) is 11.1 Å². The second-order valence-corrected chi connectivity index (χ2v) is 3.89. The monoisotopic (exact) mass is 248 g/mol. The van der Waals surface area contributed by atoms with Crippen molar-refractivity contribution < 1.29 is 0 Å². The van der Waals surface area contributed by atoms with E-state index >= 15 is 0 Å². The van der Waals surface area contributed by atoms with Gasteiger partial charge in [0, 0.05) is 0 Å². The van der Waals surface area contributed by atoms with Crippen LogP contribution in [0.2, 0.25) is 0 Å². The zero-order valence-electron chi connectivity index (χ0n) is 10.2. The Hall–Kier alpha value is -2.34. The van der Waals surface area contributed by atoms with E-state index in [9.17, 15) is 0 Å². The third-order valence-electron chi connectivity index (χ3n) is 2.55. The summed E-state index contributed by atoms with van der Waals surface area (Å²) in [6, 6.07) is 32.8. The summed E-state index contributed by atoms with van der Waals surface area (Å²) in [7, 11) is 0. The summed E-state index contributed by atoms with van der Waals surface area (Å²) in [5.74, 6) is 0. The molecule has 0 N–H and O–H groups in total. The maximum atomic E-state index is 2.12. The lowest BCUT2D eigenvalue weighted by Gasteiger charge is -1.98. The SMILES string of the molecule is C.c1ccc(-c2ccccc2)cc1.c1ccccc1. The Kier molecular flexibility index (Phi) is 6.75. The molecule has 0 aromatic heterocycles. The summed E-state index contributed by atoms with van der Waals surface area (Å²) in [6.07, 6.45) is 0. The van der Waals surface area contributed by atoms with Gasteiger partial charge in [-0.1, -0.05) is 104 Å². The van der Waals surface area contributed by atoms with E-state index in [0.29, 0.717) is 0 Å². The lowest BCUT2D eigenvalue weighted by atomic mass is 10.1. The Labute approximate surface area is 116 Å². The lowest BCUT2D eigenvalue weighted by Crippen LogP contribution is -1.73. The molecule has 0 nitrogen and oxygen atoms in total. The van der Waals surface area contributed by atoms with Crippen LogP contribution in [0.3, 0.4) is 0 Å². The van der Waals surface area contributed by atoms with Gasteiger partial charge in [-0.15, -0.1) is 0 Å². The van der Waals surface area contributed by atoms with Crippen molar-refractivity contribution in [1.29, 1.82) is 0 Å². The van der Waals surface area contributed by atoms with E-state index in [0.717, 1.165) is 0 Å². The summed E-state index contributed by atoms with van der Waals surface area (Å²) in [6.45, 7) is 0. The van der Waals surface area contributed by atoms with Crippen molar-refractivity contribution in [3.8, 4) is 11.1 Å². The maximum absolute atomic E-state index is 2.12. The molecule has 0 heterocycles. The molecule has 96 valence electrons. The van der Waals surface area contributed by atoms with Gasteiger partial charge in [0.1, 0.15) is 0 Å². The van der Waals surface area contributed by atoms with E-state index in [1.807, 2.05) is 48.5 Å². The quantitative estimate of drug-likeness (QED) is 0.520. The summed E-state index contributed by atoms with van der Waals surface area (Å²) in [4.78, 5) is 0. The van der Waals surface area contributed by atoms with E-state index in [4.69, 9.17) is 0 Å². The molecule has 19 heavy (non-hydrogen) atoms. The standard InChI is InChI=1S/C12H10.C6H6.CH4/c1-3-7-11(8-4-1)12-9-5-2-6-10-12;1-2-4-6-5-3-1;/h1-10H;1-6H;1H4. The minimum absolute atomic E-state index is 0. The Balaban J connectivity index is 0.000000220. The predicted molar refractivity (Wildman–Crippen MR) is 85.1 cm³/mol. The number of hydrogen-bond donors (Lipinski definition) is 0. The van der Waals surface area contributed by atoms with Crippen molar-refractivity contribution in [2.24, 2.45) is 0 Å². The van der Waals surface area contributed by atoms with Gasteiger partial charge in [-0.3, -0.25) is 0 Å². The second-order valence-electron chi connectivity index (χ2n) is 3.89. The van der Waals surface area contributed by atoms with E-state index in [1.54, 1.807) is 0 Å². The molecular formula is C19H20. The van der Waals surface area contributed by atoms with Gasteiger partial charge in [-0.2, -0.15) is 0 Å². The van der Waals surface area contributed by atoms with Crippen LogP contribution < -0.4 is 0 Å². The highest BCUT2D eigenvalue weighted by molar-refractivity contribution is 5.62. The fourth-order valence-corrected chi connectivity index (χ4v) is 1.65. The molecule has 0 atom stereocenters. The van der Waals surface area contributed by atoms with Gasteiger partial charge in [0.2, 0.25) is 0 Å². The summed E-state index contributed by atoms with van der Waals surface area (Å²) < 4.78 is 0. The van der Waals surface area contributed by atoms with Crippen LogP contribution >= 0.6 is 0 Å². The number of rotatable bonds is 1. The Bertz CT molecular complexity index is 463. The molecule has 0 radical (unpaired) electrons. The molecule has 3 aromatic rings. The smallest absolute Gasteiger partial charge is 0.0184 e. The minimum Gasteiger partial charge on any atom is -0.0776 e. The Morgan fingerprint density at radius 1 is 0.316 bits per heavy atom. The van der Waals surface area contributed by atoms with Crippen molar-refractivity contribution in [3.63, 3.8) is 0 Å². The topological polar surface area (TPSA) is 0 Å². The largest absolute Gasteiger partial charge is 0.0776 e. The van der Waals surface area contributed by atoms with Crippen LogP contribution in [0.1, 0.15) is 7.43 Å².